The Hall–Kier alpha value is -0.870. The Kier molecular flexibility index (Phi) is 5.15. The highest BCUT2D eigenvalue weighted by molar-refractivity contribution is 8.00. The third kappa shape index (κ3) is 3.54. The van der Waals surface area contributed by atoms with E-state index in [9.17, 15) is 4.79 Å². The first-order valence-electron chi connectivity index (χ1n) is 5.33. The molecular formula is C12H16ClNO2S. The van der Waals surface area contributed by atoms with Crippen LogP contribution in [0.25, 0.3) is 0 Å². The maximum Gasteiger partial charge on any atom is 0.339 e. The quantitative estimate of drug-likeness (QED) is 0.517. The number of hydrogen-bond acceptors (Lipinski definition) is 4. The number of carbonyl (C=O) groups excluding carboxylic acids is 1. The van der Waals surface area contributed by atoms with E-state index in [-0.39, 0.29) is 0 Å². The molecule has 1 aromatic rings. The second-order valence-corrected chi connectivity index (χ2v) is 5.56. The van der Waals surface area contributed by atoms with Crippen molar-refractivity contribution in [3.05, 3.63) is 22.7 Å². The largest absolute Gasteiger partial charge is 0.465 e. The van der Waals surface area contributed by atoms with Gasteiger partial charge in [0.15, 0.2) is 0 Å². The minimum atomic E-state index is -0.412. The SMILES string of the molecule is CCC(C)Sc1c(Cl)cc(N)cc1C(=O)OC. The van der Waals surface area contributed by atoms with E-state index in [1.807, 2.05) is 0 Å². The van der Waals surface area contributed by atoms with Gasteiger partial charge < -0.3 is 10.5 Å². The van der Waals surface area contributed by atoms with Crippen molar-refractivity contribution in [3.8, 4) is 0 Å². The van der Waals surface area contributed by atoms with Crippen LogP contribution in [-0.4, -0.2) is 18.3 Å². The van der Waals surface area contributed by atoms with Gasteiger partial charge >= 0.3 is 5.97 Å². The van der Waals surface area contributed by atoms with E-state index in [1.165, 1.54) is 7.11 Å². The van der Waals surface area contributed by atoms with Crippen LogP contribution in [0.15, 0.2) is 17.0 Å². The van der Waals surface area contributed by atoms with Crippen LogP contribution < -0.4 is 5.73 Å². The zero-order valence-electron chi connectivity index (χ0n) is 10.1. The average Bonchev–Trinajstić information content (AvgIpc) is 2.30. The Balaban J connectivity index is 3.20. The Morgan fingerprint density at radius 1 is 1.59 bits per heavy atom. The van der Waals surface area contributed by atoms with Gasteiger partial charge in [0.25, 0.3) is 0 Å². The molecule has 1 rings (SSSR count). The summed E-state index contributed by atoms with van der Waals surface area (Å²) in [6.45, 7) is 4.17. The lowest BCUT2D eigenvalue weighted by Crippen LogP contribution is -2.06. The van der Waals surface area contributed by atoms with Crippen molar-refractivity contribution < 1.29 is 9.53 Å². The molecule has 1 atom stereocenters. The van der Waals surface area contributed by atoms with Crippen LogP contribution in [0, 0.1) is 0 Å². The van der Waals surface area contributed by atoms with Crippen LogP contribution in [0.5, 0.6) is 0 Å². The molecule has 0 aliphatic rings. The molecule has 0 bridgehead atoms. The summed E-state index contributed by atoms with van der Waals surface area (Å²) in [5, 5.41) is 0.871. The molecule has 0 fully saturated rings. The topological polar surface area (TPSA) is 52.3 Å². The van der Waals surface area contributed by atoms with Crippen molar-refractivity contribution in [2.75, 3.05) is 12.8 Å². The second-order valence-electron chi connectivity index (χ2n) is 3.71. The molecule has 5 heteroatoms. The molecule has 0 amide bonds. The van der Waals surface area contributed by atoms with Gasteiger partial charge in [0.2, 0.25) is 0 Å². The number of anilines is 1. The molecule has 0 aliphatic carbocycles. The second kappa shape index (κ2) is 6.17. The van der Waals surface area contributed by atoms with E-state index >= 15 is 0 Å². The normalized spacial score (nSPS) is 12.2. The lowest BCUT2D eigenvalue weighted by atomic mass is 10.2. The Morgan fingerprint density at radius 3 is 2.76 bits per heavy atom. The Bertz CT molecular complexity index is 423. The molecule has 17 heavy (non-hydrogen) atoms. The fourth-order valence-corrected chi connectivity index (χ4v) is 2.65. The number of ether oxygens (including phenoxy) is 1. The van der Waals surface area contributed by atoms with Gasteiger partial charge in [-0.25, -0.2) is 4.79 Å². The van der Waals surface area contributed by atoms with Gasteiger partial charge in [0.1, 0.15) is 0 Å². The van der Waals surface area contributed by atoms with Crippen molar-refractivity contribution in [2.24, 2.45) is 0 Å². The van der Waals surface area contributed by atoms with Crippen molar-refractivity contribution >= 4 is 35.0 Å². The third-order valence-corrected chi connectivity index (χ3v) is 4.19. The molecule has 0 saturated carbocycles. The van der Waals surface area contributed by atoms with E-state index in [0.717, 1.165) is 11.3 Å². The number of rotatable bonds is 4. The van der Waals surface area contributed by atoms with Gasteiger partial charge in [0, 0.05) is 15.8 Å². The van der Waals surface area contributed by atoms with Gasteiger partial charge in [0.05, 0.1) is 17.7 Å². The molecule has 3 nitrogen and oxygen atoms in total. The van der Waals surface area contributed by atoms with E-state index in [2.05, 4.69) is 13.8 Å². The van der Waals surface area contributed by atoms with Gasteiger partial charge in [-0.1, -0.05) is 25.4 Å². The first kappa shape index (κ1) is 14.2. The summed E-state index contributed by atoms with van der Waals surface area (Å²) in [6.07, 6.45) is 0.992. The van der Waals surface area contributed by atoms with Crippen LogP contribution in [-0.2, 0) is 4.74 Å². The molecular weight excluding hydrogens is 258 g/mol. The van der Waals surface area contributed by atoms with E-state index in [0.29, 0.717) is 21.5 Å². The predicted octanol–water partition coefficient (Wildman–Crippen LogP) is 3.60. The van der Waals surface area contributed by atoms with Crippen LogP contribution in [0.2, 0.25) is 5.02 Å². The molecule has 94 valence electrons. The average molecular weight is 274 g/mol. The third-order valence-electron chi connectivity index (χ3n) is 2.37. The van der Waals surface area contributed by atoms with Crippen LogP contribution in [0.1, 0.15) is 30.6 Å². The zero-order chi connectivity index (χ0) is 13.0. The zero-order valence-corrected chi connectivity index (χ0v) is 11.7. The fraction of sp³-hybridized carbons (Fsp3) is 0.417. The van der Waals surface area contributed by atoms with Crippen molar-refractivity contribution in [1.82, 2.24) is 0 Å². The summed E-state index contributed by atoms with van der Waals surface area (Å²) in [6, 6.07) is 3.25. The number of methoxy groups -OCH3 is 1. The van der Waals surface area contributed by atoms with E-state index in [4.69, 9.17) is 22.1 Å². The summed E-state index contributed by atoms with van der Waals surface area (Å²) in [7, 11) is 1.34. The van der Waals surface area contributed by atoms with Gasteiger partial charge in [-0.2, -0.15) is 0 Å². The highest BCUT2D eigenvalue weighted by Gasteiger charge is 2.18. The molecule has 0 aliphatic heterocycles. The minimum absolute atomic E-state index is 0.375. The number of esters is 1. The standard InChI is InChI=1S/C12H16ClNO2S/c1-4-7(2)17-11-9(12(15)16-3)5-8(14)6-10(11)13/h5-7H,4,14H2,1-3H3. The molecule has 0 spiro atoms. The number of thioether (sulfide) groups is 1. The highest BCUT2D eigenvalue weighted by atomic mass is 35.5. The number of halogens is 1. The number of benzene rings is 1. The number of nitrogens with two attached hydrogens (primary N) is 1. The maximum atomic E-state index is 11.7. The van der Waals surface area contributed by atoms with Gasteiger partial charge in [-0.15, -0.1) is 11.8 Å². The Labute approximate surface area is 111 Å². The van der Waals surface area contributed by atoms with Crippen molar-refractivity contribution in [1.29, 1.82) is 0 Å². The Morgan fingerprint density at radius 2 is 2.24 bits per heavy atom. The minimum Gasteiger partial charge on any atom is -0.465 e. The molecule has 0 radical (unpaired) electrons. The highest BCUT2D eigenvalue weighted by Crippen LogP contribution is 2.36. The summed E-state index contributed by atoms with van der Waals surface area (Å²) in [4.78, 5) is 12.4. The molecule has 0 aromatic heterocycles. The smallest absolute Gasteiger partial charge is 0.339 e. The number of carbonyl (C=O) groups is 1. The first-order chi connectivity index (χ1) is 7.99. The number of hydrogen-bond donors (Lipinski definition) is 1. The summed E-state index contributed by atoms with van der Waals surface area (Å²) in [5.74, 6) is -0.412. The van der Waals surface area contributed by atoms with Crippen molar-refractivity contribution in [3.63, 3.8) is 0 Å². The first-order valence-corrected chi connectivity index (χ1v) is 6.59. The van der Waals surface area contributed by atoms with Gasteiger partial charge in [-0.3, -0.25) is 0 Å². The summed E-state index contributed by atoms with van der Waals surface area (Å²) < 4.78 is 4.74. The lowest BCUT2D eigenvalue weighted by Gasteiger charge is -2.14. The predicted molar refractivity (Wildman–Crippen MR) is 72.8 cm³/mol. The summed E-state index contributed by atoms with van der Waals surface area (Å²) >= 11 is 7.69. The van der Waals surface area contributed by atoms with Crippen LogP contribution in [0.3, 0.4) is 0 Å². The maximum absolute atomic E-state index is 11.7. The molecule has 0 saturated heterocycles. The van der Waals surface area contributed by atoms with E-state index in [1.54, 1.807) is 23.9 Å². The summed E-state index contributed by atoms with van der Waals surface area (Å²) in [5.41, 5.74) is 6.58. The lowest BCUT2D eigenvalue weighted by molar-refractivity contribution is 0.0597. The molecule has 0 heterocycles. The molecule has 1 aromatic carbocycles. The molecule has 1 unspecified atom stereocenters. The van der Waals surface area contributed by atoms with Crippen LogP contribution in [0.4, 0.5) is 5.69 Å². The van der Waals surface area contributed by atoms with Crippen molar-refractivity contribution in [2.45, 2.75) is 30.4 Å². The van der Waals surface area contributed by atoms with Gasteiger partial charge in [-0.05, 0) is 18.6 Å². The van der Waals surface area contributed by atoms with Crippen LogP contribution >= 0.6 is 23.4 Å². The monoisotopic (exact) mass is 273 g/mol. The number of nitrogen functional groups attached to an aromatic ring is 1. The fourth-order valence-electron chi connectivity index (χ4n) is 1.28. The van der Waals surface area contributed by atoms with E-state index < -0.39 is 5.97 Å². The molecule has 2 N–H and O–H groups in total.